The largest absolute Gasteiger partial charge is 0.394 e. The monoisotopic (exact) mass is 635 g/mol. The molecule has 1 spiro atoms. The zero-order chi connectivity index (χ0) is 28.4. The Hall–Kier alpha value is -2.36. The molecule has 0 amide bonds. The Morgan fingerprint density at radius 2 is 1.98 bits per heavy atom. The maximum Gasteiger partial charge on any atom is 0.151 e. The van der Waals surface area contributed by atoms with E-state index in [1.165, 1.54) is 11.8 Å². The summed E-state index contributed by atoms with van der Waals surface area (Å²) in [6.07, 6.45) is 8.59. The average Bonchev–Trinajstić information content (AvgIpc) is 3.28. The maximum absolute atomic E-state index is 9.67. The van der Waals surface area contributed by atoms with Gasteiger partial charge in [-0.25, -0.2) is 24.9 Å². The SMILES string of the molecule is C[C@@H]1OCC2(CCN(c3cnc(Sc4ccnc(Nc5ccnc([C@H]6NCCO[C@H]6CO)n5)c4Cl)cn3)CC2)[C@@H]1N.Cl. The quantitative estimate of drug-likeness (QED) is 0.301. The summed E-state index contributed by atoms with van der Waals surface area (Å²) in [5.74, 6) is 2.36. The van der Waals surface area contributed by atoms with Crippen molar-refractivity contribution >= 4 is 53.2 Å². The molecule has 12 nitrogen and oxygen atoms in total. The predicted octanol–water partition coefficient (Wildman–Crippen LogP) is 2.99. The molecular weight excluding hydrogens is 601 g/mol. The van der Waals surface area contributed by atoms with Crippen LogP contribution in [-0.2, 0) is 9.47 Å². The Bertz CT molecular complexity index is 1350. The Labute approximate surface area is 260 Å². The number of pyridine rings is 1. The number of aliphatic hydroxyl groups is 1. The highest BCUT2D eigenvalue weighted by atomic mass is 35.5. The molecule has 0 radical (unpaired) electrons. The number of halogens is 2. The van der Waals surface area contributed by atoms with E-state index in [4.69, 9.17) is 26.8 Å². The molecular formula is C27H35Cl2N9O3S. The van der Waals surface area contributed by atoms with Crippen LogP contribution in [0.1, 0.15) is 31.6 Å². The third-order valence-electron chi connectivity index (χ3n) is 8.16. The second-order valence-corrected chi connectivity index (χ2v) is 12.1. The second kappa shape index (κ2) is 13.5. The highest BCUT2D eigenvalue weighted by Gasteiger charge is 2.47. The Morgan fingerprint density at radius 3 is 2.69 bits per heavy atom. The van der Waals surface area contributed by atoms with Crippen LogP contribution in [0.25, 0.3) is 0 Å². The molecule has 0 bridgehead atoms. The summed E-state index contributed by atoms with van der Waals surface area (Å²) in [6, 6.07) is 3.34. The Morgan fingerprint density at radius 1 is 1.17 bits per heavy atom. The molecule has 0 aromatic carbocycles. The summed E-state index contributed by atoms with van der Waals surface area (Å²) < 4.78 is 11.5. The number of hydrogen-bond donors (Lipinski definition) is 4. The summed E-state index contributed by atoms with van der Waals surface area (Å²) in [6.45, 7) is 5.62. The molecule has 15 heteroatoms. The molecule has 42 heavy (non-hydrogen) atoms. The van der Waals surface area contributed by atoms with Crippen molar-refractivity contribution in [3.8, 4) is 0 Å². The fourth-order valence-electron chi connectivity index (χ4n) is 5.67. The van der Waals surface area contributed by atoms with Crippen molar-refractivity contribution in [2.45, 2.75) is 54.0 Å². The first-order valence-electron chi connectivity index (χ1n) is 13.8. The summed E-state index contributed by atoms with van der Waals surface area (Å²) in [5, 5.41) is 17.3. The summed E-state index contributed by atoms with van der Waals surface area (Å²) in [7, 11) is 0. The first-order valence-corrected chi connectivity index (χ1v) is 15.0. The number of nitrogens with one attached hydrogen (secondary N) is 2. The van der Waals surface area contributed by atoms with E-state index in [1.807, 2.05) is 12.3 Å². The Balaban J connectivity index is 0.00000353. The molecule has 3 aromatic heterocycles. The number of nitrogens with two attached hydrogens (primary N) is 1. The van der Waals surface area contributed by atoms with E-state index in [2.05, 4.69) is 47.4 Å². The number of aliphatic hydroxyl groups excluding tert-OH is 1. The van der Waals surface area contributed by atoms with E-state index < -0.39 is 6.10 Å². The van der Waals surface area contributed by atoms with Crippen LogP contribution < -0.4 is 21.3 Å². The fraction of sp³-hybridized carbons (Fsp3) is 0.519. The lowest BCUT2D eigenvalue weighted by atomic mass is 9.73. The van der Waals surface area contributed by atoms with Crippen LogP contribution in [0.15, 0.2) is 46.8 Å². The van der Waals surface area contributed by atoms with Crippen LogP contribution in [0.2, 0.25) is 5.02 Å². The smallest absolute Gasteiger partial charge is 0.151 e. The van der Waals surface area contributed by atoms with E-state index in [9.17, 15) is 5.11 Å². The van der Waals surface area contributed by atoms with Crippen LogP contribution in [0.5, 0.6) is 0 Å². The zero-order valence-corrected chi connectivity index (χ0v) is 25.5. The molecule has 226 valence electrons. The van der Waals surface area contributed by atoms with Gasteiger partial charge in [-0.2, -0.15) is 0 Å². The molecule has 3 fully saturated rings. The van der Waals surface area contributed by atoms with E-state index in [0.29, 0.717) is 35.6 Å². The van der Waals surface area contributed by atoms with E-state index in [1.54, 1.807) is 24.7 Å². The lowest BCUT2D eigenvalue weighted by Crippen LogP contribution is -2.50. The van der Waals surface area contributed by atoms with Crippen LogP contribution >= 0.6 is 35.8 Å². The third-order valence-corrected chi connectivity index (χ3v) is 9.64. The topological polar surface area (TPSA) is 156 Å². The molecule has 3 aliphatic heterocycles. The number of anilines is 3. The lowest BCUT2D eigenvalue weighted by molar-refractivity contribution is -0.0377. The van der Waals surface area contributed by atoms with Crippen LogP contribution in [0, 0.1) is 5.41 Å². The zero-order valence-electron chi connectivity index (χ0n) is 23.1. The standard InChI is InChI=1S/C27H34ClN9O3S.ClH/c1-16-24(29)27(15-40-16)4-9-37(10-5-27)20-12-34-21(13-33-20)41-18-2-6-31-25(22(18)28)35-19-3-7-32-26(36-19)23-17(14-38)39-11-8-30-23;/h2-3,6-7,12-13,16-17,23-24,30,38H,4-5,8-11,14-15,29H2,1H3,(H,31,32,35,36);1H/t16-,17-,23-,24+;/m0./s1. The molecule has 6 rings (SSSR count). The van der Waals surface area contributed by atoms with Gasteiger partial charge in [0, 0.05) is 48.4 Å². The van der Waals surface area contributed by atoms with E-state index >= 15 is 0 Å². The summed E-state index contributed by atoms with van der Waals surface area (Å²) >= 11 is 8.16. The van der Waals surface area contributed by atoms with Gasteiger partial charge in [0.15, 0.2) is 5.82 Å². The number of piperidine rings is 1. The van der Waals surface area contributed by atoms with E-state index in [-0.39, 0.29) is 42.6 Å². The molecule has 6 heterocycles. The van der Waals surface area contributed by atoms with Crippen LogP contribution in [0.4, 0.5) is 17.5 Å². The van der Waals surface area contributed by atoms with Crippen molar-refractivity contribution in [3.63, 3.8) is 0 Å². The first kappa shape index (κ1) is 31.1. The highest BCUT2D eigenvalue weighted by Crippen LogP contribution is 2.42. The summed E-state index contributed by atoms with van der Waals surface area (Å²) in [4.78, 5) is 25.8. The maximum atomic E-state index is 9.67. The van der Waals surface area contributed by atoms with Gasteiger partial charge in [-0.3, -0.25) is 0 Å². The molecule has 3 aromatic rings. The van der Waals surface area contributed by atoms with Gasteiger partial charge in [-0.05, 0) is 31.9 Å². The Kier molecular flexibility index (Phi) is 10.0. The molecule has 3 aliphatic rings. The number of morpholine rings is 1. The van der Waals surface area contributed by atoms with Crippen LogP contribution in [0.3, 0.4) is 0 Å². The molecule has 0 saturated carbocycles. The normalized spacial score (nSPS) is 25.3. The third kappa shape index (κ3) is 6.43. The predicted molar refractivity (Wildman–Crippen MR) is 163 cm³/mol. The minimum atomic E-state index is -0.413. The summed E-state index contributed by atoms with van der Waals surface area (Å²) in [5.41, 5.74) is 6.53. The molecule has 5 N–H and O–H groups in total. The van der Waals surface area contributed by atoms with Gasteiger partial charge in [-0.15, -0.1) is 12.4 Å². The second-order valence-electron chi connectivity index (χ2n) is 10.6. The van der Waals surface area contributed by atoms with Gasteiger partial charge in [0.1, 0.15) is 28.6 Å². The van der Waals surface area contributed by atoms with Gasteiger partial charge in [0.2, 0.25) is 0 Å². The lowest BCUT2D eigenvalue weighted by Gasteiger charge is -2.41. The van der Waals surface area contributed by atoms with Crippen LogP contribution in [-0.4, -0.2) is 87.7 Å². The molecule has 3 saturated heterocycles. The van der Waals surface area contributed by atoms with E-state index in [0.717, 1.165) is 48.3 Å². The van der Waals surface area contributed by atoms with Crippen molar-refractivity contribution < 1.29 is 14.6 Å². The van der Waals surface area contributed by atoms with Crippen molar-refractivity contribution in [1.82, 2.24) is 30.2 Å². The van der Waals surface area contributed by atoms with Crippen molar-refractivity contribution in [3.05, 3.63) is 47.8 Å². The minimum Gasteiger partial charge on any atom is -0.394 e. The average molecular weight is 637 g/mol. The molecule has 0 aliphatic carbocycles. The highest BCUT2D eigenvalue weighted by molar-refractivity contribution is 7.99. The van der Waals surface area contributed by atoms with Gasteiger partial charge in [0.05, 0.1) is 49.4 Å². The number of aromatic nitrogens is 5. The first-order chi connectivity index (χ1) is 20.0. The number of rotatable bonds is 7. The number of hydrogen-bond acceptors (Lipinski definition) is 13. The van der Waals surface area contributed by atoms with Crippen molar-refractivity contribution in [2.24, 2.45) is 11.1 Å². The molecule has 0 unspecified atom stereocenters. The fourth-order valence-corrected chi connectivity index (χ4v) is 6.69. The van der Waals surface area contributed by atoms with Gasteiger partial charge in [-0.1, -0.05) is 23.4 Å². The van der Waals surface area contributed by atoms with Crippen molar-refractivity contribution in [2.75, 3.05) is 49.7 Å². The van der Waals surface area contributed by atoms with Gasteiger partial charge >= 0.3 is 0 Å². The molecule has 4 atom stereocenters. The van der Waals surface area contributed by atoms with Gasteiger partial charge < -0.3 is 35.8 Å². The minimum absolute atomic E-state index is 0. The van der Waals surface area contributed by atoms with Crippen molar-refractivity contribution in [1.29, 1.82) is 0 Å². The number of nitrogens with zero attached hydrogens (tertiary/aromatic N) is 6. The number of ether oxygens (including phenoxy) is 2. The van der Waals surface area contributed by atoms with Gasteiger partial charge in [0.25, 0.3) is 0 Å².